The predicted octanol–water partition coefficient (Wildman–Crippen LogP) is 3.37. The third-order valence-corrected chi connectivity index (χ3v) is 5.71. The molecule has 3 amide bonds. The van der Waals surface area contributed by atoms with Gasteiger partial charge in [-0.15, -0.1) is 0 Å². The molecule has 4 rings (SSSR count). The van der Waals surface area contributed by atoms with Gasteiger partial charge in [0.15, 0.2) is 5.78 Å². The summed E-state index contributed by atoms with van der Waals surface area (Å²) in [7, 11) is 0. The normalized spacial score (nSPS) is 16.7. The molecule has 0 saturated carbocycles. The van der Waals surface area contributed by atoms with Gasteiger partial charge in [0.05, 0.1) is 0 Å². The van der Waals surface area contributed by atoms with Crippen LogP contribution in [0, 0.1) is 0 Å². The first-order valence-corrected chi connectivity index (χ1v) is 10.3. The second-order valence-electron chi connectivity index (χ2n) is 7.70. The molecule has 2 aliphatic heterocycles. The molecular weight excluding hydrogens is 380 g/mol. The van der Waals surface area contributed by atoms with Crippen molar-refractivity contribution in [2.24, 2.45) is 0 Å². The Morgan fingerprint density at radius 1 is 0.833 bits per heavy atom. The van der Waals surface area contributed by atoms with E-state index in [1.807, 2.05) is 48.5 Å². The summed E-state index contributed by atoms with van der Waals surface area (Å²) >= 11 is 0. The van der Waals surface area contributed by atoms with Gasteiger partial charge in [-0.25, -0.2) is 4.79 Å². The molecule has 7 heteroatoms. The number of amides is 3. The number of nitrogens with zero attached hydrogens (tertiary/aromatic N) is 3. The van der Waals surface area contributed by atoms with E-state index >= 15 is 0 Å². The minimum absolute atomic E-state index is 0.0584. The Balaban J connectivity index is 1.30. The Kier molecular flexibility index (Phi) is 5.70. The molecule has 2 heterocycles. The molecule has 156 valence electrons. The van der Waals surface area contributed by atoms with Gasteiger partial charge in [-0.3, -0.25) is 9.59 Å². The first-order valence-electron chi connectivity index (χ1n) is 10.3. The van der Waals surface area contributed by atoms with Crippen molar-refractivity contribution < 1.29 is 14.4 Å². The number of carbonyl (C=O) groups is 3. The van der Waals surface area contributed by atoms with Crippen molar-refractivity contribution >= 4 is 34.8 Å². The average molecular weight is 406 g/mol. The topological polar surface area (TPSA) is 73.0 Å². The molecular formula is C23H26N4O3. The Morgan fingerprint density at radius 2 is 1.47 bits per heavy atom. The lowest BCUT2D eigenvalue weighted by molar-refractivity contribution is -0.117. The van der Waals surface area contributed by atoms with E-state index in [4.69, 9.17) is 0 Å². The highest BCUT2D eigenvalue weighted by molar-refractivity contribution is 5.96. The van der Waals surface area contributed by atoms with Crippen molar-refractivity contribution in [2.75, 3.05) is 47.8 Å². The van der Waals surface area contributed by atoms with Gasteiger partial charge in [0.1, 0.15) is 0 Å². The Labute approximate surface area is 176 Å². The minimum Gasteiger partial charge on any atom is -0.368 e. The number of anilines is 3. The Hall–Kier alpha value is -3.35. The van der Waals surface area contributed by atoms with Gasteiger partial charge < -0.3 is 20.0 Å². The fourth-order valence-corrected chi connectivity index (χ4v) is 3.92. The maximum atomic E-state index is 12.6. The smallest absolute Gasteiger partial charge is 0.321 e. The predicted molar refractivity (Wildman–Crippen MR) is 117 cm³/mol. The maximum Gasteiger partial charge on any atom is 0.321 e. The molecule has 1 N–H and O–H groups in total. The number of urea groups is 1. The van der Waals surface area contributed by atoms with Crippen LogP contribution >= 0.6 is 0 Å². The van der Waals surface area contributed by atoms with Crippen molar-refractivity contribution in [3.8, 4) is 0 Å². The second kappa shape index (κ2) is 8.57. The van der Waals surface area contributed by atoms with E-state index in [9.17, 15) is 14.4 Å². The van der Waals surface area contributed by atoms with E-state index in [0.29, 0.717) is 25.1 Å². The largest absolute Gasteiger partial charge is 0.368 e. The van der Waals surface area contributed by atoms with Crippen LogP contribution < -0.4 is 15.1 Å². The van der Waals surface area contributed by atoms with Gasteiger partial charge in [0.2, 0.25) is 5.91 Å². The van der Waals surface area contributed by atoms with Gasteiger partial charge in [0, 0.05) is 61.8 Å². The summed E-state index contributed by atoms with van der Waals surface area (Å²) in [4.78, 5) is 41.7. The monoisotopic (exact) mass is 406 g/mol. The SMILES string of the molecule is CC(=O)c1ccc(N2CCN(C(=O)Nc3ccc(N4CCCC4=O)cc3)CC2)cc1. The number of carbonyl (C=O) groups excluding carboxylic acids is 3. The average Bonchev–Trinajstić information content (AvgIpc) is 3.20. The van der Waals surface area contributed by atoms with E-state index in [0.717, 1.165) is 43.1 Å². The number of nitrogens with one attached hydrogen (secondary N) is 1. The molecule has 2 aromatic rings. The van der Waals surface area contributed by atoms with Crippen LogP contribution in [0.15, 0.2) is 48.5 Å². The molecule has 2 fully saturated rings. The van der Waals surface area contributed by atoms with Crippen molar-refractivity contribution in [1.29, 1.82) is 0 Å². The lowest BCUT2D eigenvalue weighted by atomic mass is 10.1. The molecule has 0 aliphatic carbocycles. The molecule has 0 atom stereocenters. The first kappa shape index (κ1) is 19.9. The van der Waals surface area contributed by atoms with Crippen LogP contribution in [0.5, 0.6) is 0 Å². The van der Waals surface area contributed by atoms with Crippen LogP contribution in [0.25, 0.3) is 0 Å². The molecule has 0 radical (unpaired) electrons. The van der Waals surface area contributed by atoms with Crippen molar-refractivity contribution in [3.05, 3.63) is 54.1 Å². The number of rotatable bonds is 4. The number of ketones is 1. The summed E-state index contributed by atoms with van der Waals surface area (Å²) in [6, 6.07) is 14.9. The summed E-state index contributed by atoms with van der Waals surface area (Å²) in [6.07, 6.45) is 1.50. The number of hydrogen-bond acceptors (Lipinski definition) is 4. The third kappa shape index (κ3) is 4.30. The zero-order valence-electron chi connectivity index (χ0n) is 17.1. The zero-order chi connectivity index (χ0) is 21.1. The highest BCUT2D eigenvalue weighted by atomic mass is 16.2. The van der Waals surface area contributed by atoms with Crippen LogP contribution in [0.1, 0.15) is 30.1 Å². The number of piperazine rings is 1. The van der Waals surface area contributed by atoms with Crippen LogP contribution in [0.4, 0.5) is 21.9 Å². The van der Waals surface area contributed by atoms with Gasteiger partial charge in [-0.1, -0.05) is 0 Å². The first-order chi connectivity index (χ1) is 14.5. The maximum absolute atomic E-state index is 12.6. The van der Waals surface area contributed by atoms with Crippen molar-refractivity contribution in [3.63, 3.8) is 0 Å². The standard InChI is InChI=1S/C23H26N4O3/c1-17(28)18-4-8-20(9-5-18)25-13-15-26(16-14-25)23(30)24-19-6-10-21(11-7-19)27-12-2-3-22(27)29/h4-11H,2-3,12-16H2,1H3,(H,24,30). The number of Topliss-reactive ketones (excluding diaryl/α,β-unsaturated/α-hetero) is 1. The van der Waals surface area contributed by atoms with Crippen LogP contribution in [-0.4, -0.2) is 55.3 Å². The summed E-state index contributed by atoms with van der Waals surface area (Å²) in [5.74, 6) is 0.212. The highest BCUT2D eigenvalue weighted by Gasteiger charge is 2.23. The second-order valence-corrected chi connectivity index (χ2v) is 7.70. The van der Waals surface area contributed by atoms with Crippen LogP contribution in [0.3, 0.4) is 0 Å². The van der Waals surface area contributed by atoms with Crippen molar-refractivity contribution in [1.82, 2.24) is 4.90 Å². The third-order valence-electron chi connectivity index (χ3n) is 5.71. The fraction of sp³-hybridized carbons (Fsp3) is 0.348. The molecule has 0 unspecified atom stereocenters. The molecule has 2 saturated heterocycles. The number of hydrogen-bond donors (Lipinski definition) is 1. The molecule has 2 aliphatic rings. The number of benzene rings is 2. The quantitative estimate of drug-likeness (QED) is 0.790. The summed E-state index contributed by atoms with van der Waals surface area (Å²) in [5, 5.41) is 2.94. The van der Waals surface area contributed by atoms with Crippen LogP contribution in [-0.2, 0) is 4.79 Å². The Morgan fingerprint density at radius 3 is 2.03 bits per heavy atom. The van der Waals surface area contributed by atoms with E-state index in [1.54, 1.807) is 16.7 Å². The van der Waals surface area contributed by atoms with E-state index < -0.39 is 0 Å². The molecule has 2 aromatic carbocycles. The Bertz CT molecular complexity index is 932. The highest BCUT2D eigenvalue weighted by Crippen LogP contribution is 2.23. The van der Waals surface area contributed by atoms with Crippen LogP contribution in [0.2, 0.25) is 0 Å². The minimum atomic E-state index is -0.119. The van der Waals surface area contributed by atoms with E-state index in [2.05, 4.69) is 10.2 Å². The van der Waals surface area contributed by atoms with Gasteiger partial charge in [-0.05, 0) is 61.9 Å². The summed E-state index contributed by atoms with van der Waals surface area (Å²) in [5.41, 5.74) is 3.36. The molecule has 30 heavy (non-hydrogen) atoms. The van der Waals surface area contributed by atoms with Crippen molar-refractivity contribution in [2.45, 2.75) is 19.8 Å². The molecule has 7 nitrogen and oxygen atoms in total. The zero-order valence-corrected chi connectivity index (χ0v) is 17.1. The van der Waals surface area contributed by atoms with Gasteiger partial charge >= 0.3 is 6.03 Å². The van der Waals surface area contributed by atoms with Gasteiger partial charge in [0.25, 0.3) is 0 Å². The van der Waals surface area contributed by atoms with Gasteiger partial charge in [-0.2, -0.15) is 0 Å². The molecule has 0 bridgehead atoms. The van der Waals surface area contributed by atoms with E-state index in [-0.39, 0.29) is 17.7 Å². The van der Waals surface area contributed by atoms with E-state index in [1.165, 1.54) is 0 Å². The summed E-state index contributed by atoms with van der Waals surface area (Å²) in [6.45, 7) is 5.05. The summed E-state index contributed by atoms with van der Waals surface area (Å²) < 4.78 is 0. The lowest BCUT2D eigenvalue weighted by Crippen LogP contribution is -2.50. The molecule has 0 aromatic heterocycles. The molecule has 0 spiro atoms. The lowest BCUT2D eigenvalue weighted by Gasteiger charge is -2.36. The fourth-order valence-electron chi connectivity index (χ4n) is 3.92.